The molecule has 0 radical (unpaired) electrons. The maximum Gasteiger partial charge on any atom is 0.265 e. The van der Waals surface area contributed by atoms with E-state index < -0.39 is 0 Å². The average Bonchev–Trinajstić information content (AvgIpc) is 2.75. The van der Waals surface area contributed by atoms with Crippen molar-refractivity contribution in [2.75, 3.05) is 19.3 Å². The minimum Gasteiger partial charge on any atom is -0.397 e. The van der Waals surface area contributed by atoms with Gasteiger partial charge in [-0.2, -0.15) is 5.26 Å². The first-order valence-corrected chi connectivity index (χ1v) is 7.67. The van der Waals surface area contributed by atoms with Crippen LogP contribution in [0.5, 0.6) is 0 Å². The number of hydrogen-bond acceptors (Lipinski definition) is 4. The van der Waals surface area contributed by atoms with E-state index in [0.29, 0.717) is 17.1 Å². The fourth-order valence-corrected chi connectivity index (χ4v) is 3.41. The average molecular weight is 352 g/mol. The molecule has 1 aromatic heterocycles. The summed E-state index contributed by atoms with van der Waals surface area (Å²) in [6.45, 7) is 2.18. The Morgan fingerprint density at radius 1 is 1.60 bits per heavy atom. The highest BCUT2D eigenvalue weighted by Crippen LogP contribution is 2.35. The lowest BCUT2D eigenvalue weighted by Crippen LogP contribution is -2.30. The SMILES string of the molecule is CC(C#N)CN(C)C(=O)c1sc2ccc(Br)cc2c1N. The monoisotopic (exact) mass is 351 g/mol. The summed E-state index contributed by atoms with van der Waals surface area (Å²) in [6, 6.07) is 7.90. The van der Waals surface area contributed by atoms with Crippen LogP contribution in [0.15, 0.2) is 22.7 Å². The normalized spacial score (nSPS) is 12.1. The van der Waals surface area contributed by atoms with Crippen molar-refractivity contribution in [1.82, 2.24) is 4.90 Å². The Hall–Kier alpha value is -1.58. The lowest BCUT2D eigenvalue weighted by molar-refractivity contribution is 0.0791. The molecule has 20 heavy (non-hydrogen) atoms. The number of carbonyl (C=O) groups is 1. The van der Waals surface area contributed by atoms with Crippen LogP contribution in [0, 0.1) is 17.2 Å². The Bertz CT molecular complexity index is 704. The van der Waals surface area contributed by atoms with Crippen LogP contribution in [0.4, 0.5) is 5.69 Å². The van der Waals surface area contributed by atoms with Gasteiger partial charge in [-0.05, 0) is 25.1 Å². The second-order valence-electron chi connectivity index (χ2n) is 4.70. The Kier molecular flexibility index (Phi) is 4.31. The molecule has 1 unspecified atom stereocenters. The van der Waals surface area contributed by atoms with Crippen molar-refractivity contribution in [3.05, 3.63) is 27.5 Å². The zero-order chi connectivity index (χ0) is 14.9. The molecule has 104 valence electrons. The molecule has 0 saturated heterocycles. The molecule has 6 heteroatoms. The highest BCUT2D eigenvalue weighted by molar-refractivity contribution is 9.10. The molecular formula is C14H14BrN3OS. The summed E-state index contributed by atoms with van der Waals surface area (Å²) in [5.41, 5.74) is 6.59. The molecule has 0 bridgehead atoms. The number of halogens is 1. The smallest absolute Gasteiger partial charge is 0.265 e. The summed E-state index contributed by atoms with van der Waals surface area (Å²) in [6.07, 6.45) is 0. The summed E-state index contributed by atoms with van der Waals surface area (Å²) in [4.78, 5) is 14.5. The van der Waals surface area contributed by atoms with Gasteiger partial charge in [0.2, 0.25) is 0 Å². The molecule has 0 spiro atoms. The van der Waals surface area contributed by atoms with Gasteiger partial charge in [-0.15, -0.1) is 11.3 Å². The Balaban J connectivity index is 2.36. The van der Waals surface area contributed by atoms with Gasteiger partial charge in [0.1, 0.15) is 4.88 Å². The summed E-state index contributed by atoms with van der Waals surface area (Å²) in [5.74, 6) is -0.337. The van der Waals surface area contributed by atoms with Crippen molar-refractivity contribution in [2.45, 2.75) is 6.92 Å². The van der Waals surface area contributed by atoms with Crippen LogP contribution in [0.1, 0.15) is 16.6 Å². The number of nitrogen functional groups attached to an aromatic ring is 1. The predicted molar refractivity (Wildman–Crippen MR) is 85.7 cm³/mol. The number of thiophene rings is 1. The summed E-state index contributed by atoms with van der Waals surface area (Å²) < 4.78 is 1.91. The number of benzene rings is 1. The highest BCUT2D eigenvalue weighted by Gasteiger charge is 2.20. The van der Waals surface area contributed by atoms with Gasteiger partial charge < -0.3 is 10.6 Å². The van der Waals surface area contributed by atoms with Crippen LogP contribution < -0.4 is 5.73 Å². The summed E-state index contributed by atoms with van der Waals surface area (Å²) >= 11 is 4.79. The summed E-state index contributed by atoms with van der Waals surface area (Å²) in [5, 5.41) is 9.70. The van der Waals surface area contributed by atoms with E-state index in [1.165, 1.54) is 11.3 Å². The van der Waals surface area contributed by atoms with Crippen LogP contribution in [0.3, 0.4) is 0 Å². The van der Waals surface area contributed by atoms with E-state index in [-0.39, 0.29) is 11.8 Å². The van der Waals surface area contributed by atoms with E-state index >= 15 is 0 Å². The first kappa shape index (κ1) is 14.8. The fourth-order valence-electron chi connectivity index (χ4n) is 1.96. The maximum atomic E-state index is 12.4. The number of nitrogens with two attached hydrogens (primary N) is 1. The van der Waals surface area contributed by atoms with Crippen molar-refractivity contribution in [2.24, 2.45) is 5.92 Å². The van der Waals surface area contributed by atoms with Crippen molar-refractivity contribution in [3.63, 3.8) is 0 Å². The van der Waals surface area contributed by atoms with Crippen LogP contribution >= 0.6 is 27.3 Å². The second-order valence-corrected chi connectivity index (χ2v) is 6.67. The molecule has 1 heterocycles. The number of carbonyl (C=O) groups excluding carboxylic acids is 1. The Morgan fingerprint density at radius 3 is 2.95 bits per heavy atom. The van der Waals surface area contributed by atoms with E-state index in [4.69, 9.17) is 11.0 Å². The third-order valence-corrected chi connectivity index (χ3v) is 4.67. The third-order valence-electron chi connectivity index (χ3n) is 3.00. The largest absolute Gasteiger partial charge is 0.397 e. The number of nitrogens with zero attached hydrogens (tertiary/aromatic N) is 2. The number of rotatable bonds is 3. The molecule has 0 aliphatic rings. The molecule has 0 saturated carbocycles. The Morgan fingerprint density at radius 2 is 2.30 bits per heavy atom. The lowest BCUT2D eigenvalue weighted by atomic mass is 10.2. The first-order chi connectivity index (χ1) is 9.43. The number of anilines is 1. The molecule has 0 fully saturated rings. The molecular weight excluding hydrogens is 338 g/mol. The van der Waals surface area contributed by atoms with Gasteiger partial charge in [-0.1, -0.05) is 15.9 Å². The number of fused-ring (bicyclic) bond motifs is 1. The molecule has 2 N–H and O–H groups in total. The van der Waals surface area contributed by atoms with E-state index in [2.05, 4.69) is 22.0 Å². The van der Waals surface area contributed by atoms with Crippen LogP contribution in [-0.4, -0.2) is 24.4 Å². The van der Waals surface area contributed by atoms with Gasteiger partial charge in [0.15, 0.2) is 0 Å². The first-order valence-electron chi connectivity index (χ1n) is 6.06. The van der Waals surface area contributed by atoms with Gasteiger partial charge in [0.05, 0.1) is 17.7 Å². The molecule has 2 rings (SSSR count). The predicted octanol–water partition coefficient (Wildman–Crippen LogP) is 3.48. The van der Waals surface area contributed by atoms with Crippen molar-refractivity contribution in [3.8, 4) is 6.07 Å². The van der Waals surface area contributed by atoms with Gasteiger partial charge in [-0.3, -0.25) is 4.79 Å². The zero-order valence-corrected chi connectivity index (χ0v) is 13.6. The maximum absolute atomic E-state index is 12.4. The molecule has 1 amide bonds. The minimum absolute atomic E-state index is 0.137. The van der Waals surface area contributed by atoms with E-state index in [9.17, 15) is 4.79 Å². The second kappa shape index (κ2) is 5.81. The molecule has 1 atom stereocenters. The fraction of sp³-hybridized carbons (Fsp3) is 0.286. The topological polar surface area (TPSA) is 70.1 Å². The molecule has 0 aliphatic heterocycles. The number of hydrogen-bond donors (Lipinski definition) is 1. The van der Waals surface area contributed by atoms with Crippen LogP contribution in [0.25, 0.3) is 10.1 Å². The third kappa shape index (κ3) is 2.79. The molecule has 4 nitrogen and oxygen atoms in total. The zero-order valence-electron chi connectivity index (χ0n) is 11.2. The van der Waals surface area contributed by atoms with E-state index in [0.717, 1.165) is 14.6 Å². The molecule has 1 aromatic carbocycles. The van der Waals surface area contributed by atoms with Gasteiger partial charge in [0.25, 0.3) is 5.91 Å². The van der Waals surface area contributed by atoms with Gasteiger partial charge in [-0.25, -0.2) is 0 Å². The van der Waals surface area contributed by atoms with Gasteiger partial charge in [0, 0.05) is 28.2 Å². The molecule has 0 aliphatic carbocycles. The summed E-state index contributed by atoms with van der Waals surface area (Å²) in [7, 11) is 1.69. The quantitative estimate of drug-likeness (QED) is 0.919. The standard InChI is InChI=1S/C14H14BrN3OS/c1-8(6-16)7-18(2)14(19)13-12(17)10-5-9(15)3-4-11(10)20-13/h3-5,8H,7,17H2,1-2H3. The van der Waals surface area contributed by atoms with Crippen LogP contribution in [-0.2, 0) is 0 Å². The lowest BCUT2D eigenvalue weighted by Gasteiger charge is -2.17. The van der Waals surface area contributed by atoms with Crippen molar-refractivity contribution in [1.29, 1.82) is 5.26 Å². The van der Waals surface area contributed by atoms with E-state index in [1.807, 2.05) is 18.2 Å². The Labute approximate surface area is 129 Å². The van der Waals surface area contributed by atoms with Crippen molar-refractivity contribution >= 4 is 48.9 Å². The number of nitriles is 1. The molecule has 2 aromatic rings. The number of amides is 1. The van der Waals surface area contributed by atoms with Crippen molar-refractivity contribution < 1.29 is 4.79 Å². The highest BCUT2D eigenvalue weighted by atomic mass is 79.9. The van der Waals surface area contributed by atoms with Gasteiger partial charge >= 0.3 is 0 Å². The minimum atomic E-state index is -0.200. The van der Waals surface area contributed by atoms with Crippen LogP contribution in [0.2, 0.25) is 0 Å². The van der Waals surface area contributed by atoms with E-state index in [1.54, 1.807) is 18.9 Å².